The van der Waals surface area contributed by atoms with Gasteiger partial charge >= 0.3 is 0 Å². The first-order valence-electron chi connectivity index (χ1n) is 10.9. The van der Waals surface area contributed by atoms with Gasteiger partial charge in [-0.25, -0.2) is 4.98 Å². The molecule has 2 aromatic heterocycles. The maximum Gasteiger partial charge on any atom is 0.259 e. The molecule has 7 nitrogen and oxygen atoms in total. The molecular formula is C26H25N5O2. The van der Waals surface area contributed by atoms with Crippen LogP contribution < -0.4 is 21.5 Å². The lowest BCUT2D eigenvalue weighted by Crippen LogP contribution is -2.24. The fourth-order valence-electron chi connectivity index (χ4n) is 4.47. The number of aromatic nitrogens is 2. The van der Waals surface area contributed by atoms with Crippen LogP contribution in [0.5, 0.6) is 0 Å². The van der Waals surface area contributed by atoms with Crippen LogP contribution in [0, 0.1) is 6.92 Å². The van der Waals surface area contributed by atoms with Crippen LogP contribution in [0.15, 0.2) is 71.7 Å². The molecule has 1 aliphatic heterocycles. The van der Waals surface area contributed by atoms with Crippen LogP contribution in [0.1, 0.15) is 45.6 Å². The van der Waals surface area contributed by atoms with Gasteiger partial charge in [-0.1, -0.05) is 36.4 Å². The predicted octanol–water partition coefficient (Wildman–Crippen LogP) is 3.80. The van der Waals surface area contributed by atoms with Crippen molar-refractivity contribution in [2.75, 3.05) is 10.2 Å². The summed E-state index contributed by atoms with van der Waals surface area (Å²) in [5.74, 6) is 0.163. The number of carbonyl (C=O) groups is 1. The monoisotopic (exact) mass is 439 g/mol. The first-order valence-corrected chi connectivity index (χ1v) is 10.9. The van der Waals surface area contributed by atoms with Crippen molar-refractivity contribution in [3.8, 4) is 0 Å². The summed E-state index contributed by atoms with van der Waals surface area (Å²) >= 11 is 0. The van der Waals surface area contributed by atoms with E-state index in [-0.39, 0.29) is 11.6 Å². The minimum Gasteiger partial charge on any atom is -0.378 e. The Morgan fingerprint density at radius 2 is 1.73 bits per heavy atom. The molecule has 33 heavy (non-hydrogen) atoms. The first kappa shape index (κ1) is 20.8. The number of nitrogens with zero attached hydrogens (tertiary/aromatic N) is 3. The van der Waals surface area contributed by atoms with Gasteiger partial charge in [-0.3, -0.25) is 14.0 Å². The number of rotatable bonds is 5. The molecule has 0 radical (unpaired) electrons. The number of aryl methyl sites for hydroxylation is 1. The quantitative estimate of drug-likeness (QED) is 0.494. The number of nitrogens with one attached hydrogen (secondary N) is 1. The van der Waals surface area contributed by atoms with Gasteiger partial charge < -0.3 is 16.0 Å². The van der Waals surface area contributed by atoms with E-state index in [4.69, 9.17) is 10.7 Å². The molecule has 3 heterocycles. The Hall–Kier alpha value is -4.13. The second kappa shape index (κ2) is 8.09. The average Bonchev–Trinajstić information content (AvgIpc) is 3.23. The van der Waals surface area contributed by atoms with Gasteiger partial charge in [0.25, 0.3) is 11.5 Å². The number of pyridine rings is 1. The lowest BCUT2D eigenvalue weighted by Gasteiger charge is -2.21. The van der Waals surface area contributed by atoms with Crippen molar-refractivity contribution < 1.29 is 4.79 Å². The van der Waals surface area contributed by atoms with Gasteiger partial charge in [0.15, 0.2) is 0 Å². The second-order valence-corrected chi connectivity index (χ2v) is 8.52. The average molecular weight is 440 g/mol. The standard InChI is InChI=1S/C26H25N5O2/c1-16-11-21(17(2)28-22-10-6-5-9-20(22)25(27)33)26-29-23(12-24(32)31(26)13-16)30-14-18-7-3-4-8-19(18)15-30/h3-13,17,28H,14-15H2,1-2H3,(H2,27,33)/t17-/m1/s1. The van der Waals surface area contributed by atoms with Crippen molar-refractivity contribution in [2.24, 2.45) is 5.73 Å². The highest BCUT2D eigenvalue weighted by Crippen LogP contribution is 2.29. The summed E-state index contributed by atoms with van der Waals surface area (Å²) < 4.78 is 1.59. The molecule has 0 fully saturated rings. The Balaban J connectivity index is 1.57. The van der Waals surface area contributed by atoms with E-state index >= 15 is 0 Å². The Kier molecular flexibility index (Phi) is 5.09. The molecule has 1 aliphatic rings. The van der Waals surface area contributed by atoms with Gasteiger partial charge in [0, 0.05) is 36.6 Å². The van der Waals surface area contributed by atoms with Crippen LogP contribution in [-0.2, 0) is 13.1 Å². The van der Waals surface area contributed by atoms with Crippen LogP contribution in [0.4, 0.5) is 11.5 Å². The van der Waals surface area contributed by atoms with Crippen LogP contribution in [-0.4, -0.2) is 15.3 Å². The van der Waals surface area contributed by atoms with Crippen molar-refractivity contribution >= 4 is 23.1 Å². The fraction of sp³-hybridized carbons (Fsp3) is 0.192. The van der Waals surface area contributed by atoms with Gasteiger partial charge in [-0.15, -0.1) is 0 Å². The molecule has 0 spiro atoms. The third kappa shape index (κ3) is 3.82. The largest absolute Gasteiger partial charge is 0.378 e. The Labute approximate surface area is 191 Å². The van der Waals surface area contributed by atoms with Gasteiger partial charge in [0.05, 0.1) is 11.6 Å². The third-order valence-electron chi connectivity index (χ3n) is 6.11. The molecule has 2 aromatic carbocycles. The highest BCUT2D eigenvalue weighted by Gasteiger charge is 2.22. The van der Waals surface area contributed by atoms with Gasteiger partial charge in [0.2, 0.25) is 0 Å². The second-order valence-electron chi connectivity index (χ2n) is 8.52. The summed E-state index contributed by atoms with van der Waals surface area (Å²) in [5.41, 5.74) is 11.4. The topological polar surface area (TPSA) is 92.7 Å². The SMILES string of the molecule is Cc1cc([C@@H](C)Nc2ccccc2C(N)=O)c2nc(N3Cc4ccccc4C3)cc(=O)n2c1. The molecule has 3 N–H and O–H groups in total. The molecule has 0 unspecified atom stereocenters. The number of anilines is 2. The van der Waals surface area contributed by atoms with E-state index in [0.717, 1.165) is 24.2 Å². The lowest BCUT2D eigenvalue weighted by atomic mass is 10.1. The van der Waals surface area contributed by atoms with Crippen molar-refractivity contribution in [3.05, 3.63) is 105 Å². The number of hydrogen-bond acceptors (Lipinski definition) is 5. The fourth-order valence-corrected chi connectivity index (χ4v) is 4.47. The molecule has 5 rings (SSSR count). The summed E-state index contributed by atoms with van der Waals surface area (Å²) in [5, 5.41) is 3.38. The number of benzene rings is 2. The normalized spacial score (nSPS) is 13.7. The molecule has 4 aromatic rings. The molecule has 7 heteroatoms. The lowest BCUT2D eigenvalue weighted by molar-refractivity contribution is 0.100. The van der Waals surface area contributed by atoms with Crippen LogP contribution >= 0.6 is 0 Å². The number of carbonyl (C=O) groups excluding carboxylic acids is 1. The Bertz CT molecular complexity index is 1420. The minimum absolute atomic E-state index is 0.124. The number of hydrogen-bond donors (Lipinski definition) is 2. The molecule has 1 atom stereocenters. The predicted molar refractivity (Wildman–Crippen MR) is 130 cm³/mol. The molecular weight excluding hydrogens is 414 g/mol. The summed E-state index contributed by atoms with van der Waals surface area (Å²) in [6, 6.07) is 18.8. The third-order valence-corrected chi connectivity index (χ3v) is 6.11. The van der Waals surface area contributed by atoms with Crippen molar-refractivity contribution in [2.45, 2.75) is 33.0 Å². The maximum atomic E-state index is 13.1. The van der Waals surface area contributed by atoms with Crippen molar-refractivity contribution in [1.82, 2.24) is 9.38 Å². The van der Waals surface area contributed by atoms with E-state index in [9.17, 15) is 9.59 Å². The summed E-state index contributed by atoms with van der Waals surface area (Å²) in [7, 11) is 0. The highest BCUT2D eigenvalue weighted by molar-refractivity contribution is 5.98. The van der Waals surface area contributed by atoms with Crippen LogP contribution in [0.2, 0.25) is 0 Å². The Morgan fingerprint density at radius 3 is 2.42 bits per heavy atom. The number of para-hydroxylation sites is 1. The van der Waals surface area contributed by atoms with Gasteiger partial charge in [-0.05, 0) is 48.7 Å². The van der Waals surface area contributed by atoms with E-state index < -0.39 is 5.91 Å². The molecule has 0 aliphatic carbocycles. The zero-order valence-electron chi connectivity index (χ0n) is 18.6. The zero-order chi connectivity index (χ0) is 23.1. The number of primary amides is 1. The summed E-state index contributed by atoms with van der Waals surface area (Å²) in [4.78, 5) is 32.0. The van der Waals surface area contributed by atoms with Gasteiger partial charge in [0.1, 0.15) is 11.5 Å². The zero-order valence-corrected chi connectivity index (χ0v) is 18.6. The van der Waals surface area contributed by atoms with Crippen LogP contribution in [0.25, 0.3) is 5.65 Å². The molecule has 166 valence electrons. The molecule has 0 bridgehead atoms. The van der Waals surface area contributed by atoms with Crippen molar-refractivity contribution in [1.29, 1.82) is 0 Å². The van der Waals surface area contributed by atoms with Crippen LogP contribution in [0.3, 0.4) is 0 Å². The maximum absolute atomic E-state index is 13.1. The first-order chi connectivity index (χ1) is 15.9. The molecule has 1 amide bonds. The van der Waals surface area contributed by atoms with Crippen molar-refractivity contribution in [3.63, 3.8) is 0 Å². The Morgan fingerprint density at radius 1 is 1.06 bits per heavy atom. The summed E-state index contributed by atoms with van der Waals surface area (Å²) in [6.45, 7) is 5.38. The van der Waals surface area contributed by atoms with Gasteiger partial charge in [-0.2, -0.15) is 0 Å². The molecule has 0 saturated carbocycles. The van der Waals surface area contributed by atoms with E-state index in [2.05, 4.69) is 22.3 Å². The number of fused-ring (bicyclic) bond motifs is 2. The van der Waals surface area contributed by atoms with E-state index in [0.29, 0.717) is 22.7 Å². The van der Waals surface area contributed by atoms with E-state index in [1.807, 2.05) is 44.2 Å². The summed E-state index contributed by atoms with van der Waals surface area (Å²) in [6.07, 6.45) is 1.81. The number of nitrogens with two attached hydrogens (primary N) is 1. The number of amides is 1. The minimum atomic E-state index is -0.496. The molecule has 0 saturated heterocycles. The van der Waals surface area contributed by atoms with E-state index in [1.54, 1.807) is 28.8 Å². The highest BCUT2D eigenvalue weighted by atomic mass is 16.1. The smallest absolute Gasteiger partial charge is 0.259 e. The van der Waals surface area contributed by atoms with E-state index in [1.165, 1.54) is 11.1 Å².